The van der Waals surface area contributed by atoms with Gasteiger partial charge in [0.05, 0.1) is 11.4 Å². The third-order valence-corrected chi connectivity index (χ3v) is 8.16. The molecule has 0 aromatic heterocycles. The van der Waals surface area contributed by atoms with Gasteiger partial charge in [0.2, 0.25) is 20.0 Å². The third-order valence-electron chi connectivity index (χ3n) is 4.46. The molecule has 1 aliphatic heterocycles. The van der Waals surface area contributed by atoms with Crippen molar-refractivity contribution < 1.29 is 26.0 Å². The highest BCUT2D eigenvalue weighted by atomic mass is 32.2. The summed E-state index contributed by atoms with van der Waals surface area (Å²) < 4.78 is 64.5. The average Bonchev–Trinajstić information content (AvgIpc) is 3.01. The molecule has 2 aromatic rings. The summed E-state index contributed by atoms with van der Waals surface area (Å²) in [6.45, 7) is 0.409. The maximum absolute atomic E-state index is 14.0. The normalized spacial score (nSPS) is 16.2. The summed E-state index contributed by atoms with van der Waals surface area (Å²) >= 11 is 0. The Balaban J connectivity index is 1.81. The molecule has 8 nitrogen and oxygen atoms in total. The summed E-state index contributed by atoms with van der Waals surface area (Å²) in [5.41, 5.74) is 0.858. The Hall–Kier alpha value is -2.50. The largest absolute Gasteiger partial charge is 0.322 e. The van der Waals surface area contributed by atoms with E-state index in [1.54, 1.807) is 24.3 Å². The lowest BCUT2D eigenvalue weighted by Crippen LogP contribution is -2.25. The molecule has 0 aliphatic carbocycles. The van der Waals surface area contributed by atoms with E-state index in [0.29, 0.717) is 24.3 Å². The Kier molecular flexibility index (Phi) is 5.65. The molecule has 0 atom stereocenters. The van der Waals surface area contributed by atoms with Crippen LogP contribution in [0.2, 0.25) is 0 Å². The quantitative estimate of drug-likeness (QED) is 0.763. The average molecular weight is 442 g/mol. The standard InChI is InChI=1S/C18H20FN3O5S2/c1-21(2)29(26,27)17-12-13(4-9-16(17)19)18(23)20-14-5-7-15(8-6-14)22-10-3-11-28(22,24)25/h4-9,12H,3,10-11H2,1-2H3,(H,20,23). The Morgan fingerprint density at radius 3 is 2.34 bits per heavy atom. The number of halogens is 1. The molecule has 1 aliphatic rings. The minimum Gasteiger partial charge on any atom is -0.322 e. The van der Waals surface area contributed by atoms with Crippen molar-refractivity contribution in [3.05, 3.63) is 53.8 Å². The molecule has 0 radical (unpaired) electrons. The summed E-state index contributed by atoms with van der Waals surface area (Å²) in [7, 11) is -4.81. The zero-order chi connectivity index (χ0) is 21.4. The molecular formula is C18H20FN3O5S2. The molecule has 1 saturated heterocycles. The van der Waals surface area contributed by atoms with Crippen molar-refractivity contribution in [2.24, 2.45) is 0 Å². The first-order valence-corrected chi connectivity index (χ1v) is 11.7. The van der Waals surface area contributed by atoms with Crippen LogP contribution in [0.25, 0.3) is 0 Å². The van der Waals surface area contributed by atoms with E-state index in [2.05, 4.69) is 5.32 Å². The van der Waals surface area contributed by atoms with E-state index in [0.717, 1.165) is 16.4 Å². The van der Waals surface area contributed by atoms with Gasteiger partial charge in [0.15, 0.2) is 0 Å². The van der Waals surface area contributed by atoms with E-state index >= 15 is 0 Å². The second-order valence-electron chi connectivity index (χ2n) is 6.68. The minimum atomic E-state index is -4.05. The van der Waals surface area contributed by atoms with E-state index in [-0.39, 0.29) is 11.3 Å². The highest BCUT2D eigenvalue weighted by Gasteiger charge is 2.28. The van der Waals surface area contributed by atoms with Crippen LogP contribution in [-0.4, -0.2) is 53.4 Å². The number of rotatable bonds is 5. The number of carbonyl (C=O) groups excluding carboxylic acids is 1. The fourth-order valence-corrected chi connectivity index (χ4v) is 5.43. The molecule has 11 heteroatoms. The fraction of sp³-hybridized carbons (Fsp3) is 0.278. The highest BCUT2D eigenvalue weighted by molar-refractivity contribution is 7.93. The van der Waals surface area contributed by atoms with E-state index in [1.807, 2.05) is 0 Å². The number of amides is 1. The SMILES string of the molecule is CN(C)S(=O)(=O)c1cc(C(=O)Nc2ccc(N3CCCS3(=O)=O)cc2)ccc1F. The second-order valence-corrected chi connectivity index (χ2v) is 10.8. The molecule has 156 valence electrons. The predicted molar refractivity (Wildman–Crippen MR) is 107 cm³/mol. The van der Waals surface area contributed by atoms with Crippen LogP contribution < -0.4 is 9.62 Å². The number of nitrogens with zero attached hydrogens (tertiary/aromatic N) is 2. The topological polar surface area (TPSA) is 104 Å². The highest BCUT2D eigenvalue weighted by Crippen LogP contribution is 2.26. The Labute approximate surface area is 169 Å². The van der Waals surface area contributed by atoms with Crippen molar-refractivity contribution in [1.29, 1.82) is 0 Å². The van der Waals surface area contributed by atoms with Gasteiger partial charge in [0, 0.05) is 31.9 Å². The van der Waals surface area contributed by atoms with Gasteiger partial charge in [-0.05, 0) is 48.9 Å². The van der Waals surface area contributed by atoms with Crippen molar-refractivity contribution in [3.63, 3.8) is 0 Å². The summed E-state index contributed by atoms with van der Waals surface area (Å²) in [4.78, 5) is 11.9. The molecule has 1 N–H and O–H groups in total. The first kappa shape index (κ1) is 21.2. The second kappa shape index (κ2) is 7.73. The molecule has 0 unspecified atom stereocenters. The Morgan fingerprint density at radius 1 is 1.14 bits per heavy atom. The number of carbonyl (C=O) groups is 1. The fourth-order valence-electron chi connectivity index (χ4n) is 2.88. The van der Waals surface area contributed by atoms with Crippen molar-refractivity contribution in [3.8, 4) is 0 Å². The van der Waals surface area contributed by atoms with E-state index in [9.17, 15) is 26.0 Å². The first-order valence-electron chi connectivity index (χ1n) is 8.66. The lowest BCUT2D eigenvalue weighted by Gasteiger charge is -2.17. The van der Waals surface area contributed by atoms with Gasteiger partial charge in [-0.1, -0.05) is 0 Å². The van der Waals surface area contributed by atoms with Crippen molar-refractivity contribution in [2.45, 2.75) is 11.3 Å². The maximum atomic E-state index is 14.0. The van der Waals surface area contributed by atoms with Crippen LogP contribution in [0.15, 0.2) is 47.4 Å². The van der Waals surface area contributed by atoms with Gasteiger partial charge in [0.1, 0.15) is 10.7 Å². The van der Waals surface area contributed by atoms with Crippen LogP contribution in [0, 0.1) is 5.82 Å². The smallest absolute Gasteiger partial charge is 0.255 e. The van der Waals surface area contributed by atoms with E-state index in [4.69, 9.17) is 0 Å². The Morgan fingerprint density at radius 2 is 1.79 bits per heavy atom. The molecule has 1 amide bonds. The molecule has 2 aromatic carbocycles. The monoisotopic (exact) mass is 441 g/mol. The van der Waals surface area contributed by atoms with Gasteiger partial charge in [-0.3, -0.25) is 9.10 Å². The van der Waals surface area contributed by atoms with E-state index in [1.165, 1.54) is 24.5 Å². The molecule has 29 heavy (non-hydrogen) atoms. The summed E-state index contributed by atoms with van der Waals surface area (Å²) in [6.07, 6.45) is 0.559. The number of hydrogen-bond donors (Lipinski definition) is 1. The van der Waals surface area contributed by atoms with Gasteiger partial charge in [0.25, 0.3) is 5.91 Å². The van der Waals surface area contributed by atoms with Crippen molar-refractivity contribution >= 4 is 37.3 Å². The van der Waals surface area contributed by atoms with Crippen LogP contribution in [0.5, 0.6) is 0 Å². The Bertz CT molecular complexity index is 1150. The molecule has 1 fully saturated rings. The lowest BCUT2D eigenvalue weighted by atomic mass is 10.2. The van der Waals surface area contributed by atoms with Crippen molar-refractivity contribution in [2.75, 3.05) is 36.0 Å². The number of nitrogens with one attached hydrogen (secondary N) is 1. The first-order chi connectivity index (χ1) is 13.5. The zero-order valence-electron chi connectivity index (χ0n) is 15.8. The zero-order valence-corrected chi connectivity index (χ0v) is 17.4. The lowest BCUT2D eigenvalue weighted by molar-refractivity contribution is 0.102. The number of benzene rings is 2. The van der Waals surface area contributed by atoms with Gasteiger partial charge < -0.3 is 5.32 Å². The minimum absolute atomic E-state index is 0.0296. The maximum Gasteiger partial charge on any atom is 0.255 e. The molecule has 0 saturated carbocycles. The molecular weight excluding hydrogens is 421 g/mol. The van der Waals surface area contributed by atoms with Gasteiger partial charge in [-0.15, -0.1) is 0 Å². The summed E-state index contributed by atoms with van der Waals surface area (Å²) in [6, 6.07) is 9.32. The molecule has 0 bridgehead atoms. The van der Waals surface area contributed by atoms with Crippen LogP contribution in [0.1, 0.15) is 16.8 Å². The molecule has 3 rings (SSSR count). The molecule has 1 heterocycles. The van der Waals surface area contributed by atoms with Crippen LogP contribution >= 0.6 is 0 Å². The van der Waals surface area contributed by atoms with Crippen LogP contribution in [-0.2, 0) is 20.0 Å². The molecule has 0 spiro atoms. The number of hydrogen-bond acceptors (Lipinski definition) is 5. The summed E-state index contributed by atoms with van der Waals surface area (Å²) in [5, 5.41) is 2.59. The third kappa shape index (κ3) is 4.26. The van der Waals surface area contributed by atoms with Crippen LogP contribution in [0.4, 0.5) is 15.8 Å². The number of sulfonamides is 2. The van der Waals surface area contributed by atoms with Gasteiger partial charge >= 0.3 is 0 Å². The number of anilines is 2. The predicted octanol–water partition coefficient (Wildman–Crippen LogP) is 1.87. The summed E-state index contributed by atoms with van der Waals surface area (Å²) in [5.74, 6) is -1.47. The van der Waals surface area contributed by atoms with Gasteiger partial charge in [-0.2, -0.15) is 0 Å². The van der Waals surface area contributed by atoms with E-state index < -0.39 is 36.7 Å². The van der Waals surface area contributed by atoms with Gasteiger partial charge in [-0.25, -0.2) is 25.5 Å². The van der Waals surface area contributed by atoms with Crippen LogP contribution in [0.3, 0.4) is 0 Å². The van der Waals surface area contributed by atoms with Crippen molar-refractivity contribution in [1.82, 2.24) is 4.31 Å².